The van der Waals surface area contributed by atoms with Crippen LogP contribution in [0.5, 0.6) is 5.75 Å². The molecule has 128 valence electrons. The van der Waals surface area contributed by atoms with Crippen LogP contribution in [0.15, 0.2) is 17.2 Å². The van der Waals surface area contributed by atoms with Gasteiger partial charge in [-0.15, -0.1) is 0 Å². The lowest BCUT2D eigenvalue weighted by Gasteiger charge is -2.03. The van der Waals surface area contributed by atoms with Gasteiger partial charge in [-0.1, -0.05) is 0 Å². The molecule has 0 aliphatic heterocycles. The summed E-state index contributed by atoms with van der Waals surface area (Å²) in [5, 5.41) is 29.2. The van der Waals surface area contributed by atoms with Crippen molar-refractivity contribution in [2.75, 3.05) is 0 Å². The summed E-state index contributed by atoms with van der Waals surface area (Å²) in [6.07, 6.45) is 4.67. The standard InChI is InChI=1S/C15H12I2N6OS/c16-8-4-7(13(24)10(17)5-8)6-18-23-14(21-22-15(23)25)12-9-2-1-3-11(9)19-20-12/h4-6,24H,1-3H2,(H,19,20)(H,22,25)/b18-6-. The molecule has 0 fully saturated rings. The Labute approximate surface area is 175 Å². The van der Waals surface area contributed by atoms with Gasteiger partial charge in [0.05, 0.1) is 9.78 Å². The molecular weight excluding hydrogens is 566 g/mol. The van der Waals surface area contributed by atoms with Gasteiger partial charge in [0.25, 0.3) is 0 Å². The first kappa shape index (κ1) is 17.1. The molecule has 7 nitrogen and oxygen atoms in total. The molecule has 0 atom stereocenters. The Morgan fingerprint density at radius 3 is 2.92 bits per heavy atom. The number of aromatic hydroxyl groups is 1. The first-order chi connectivity index (χ1) is 12.0. The number of aromatic amines is 2. The lowest BCUT2D eigenvalue weighted by Crippen LogP contribution is -1.98. The highest BCUT2D eigenvalue weighted by molar-refractivity contribution is 14.1. The molecule has 0 saturated heterocycles. The number of halogens is 2. The Bertz CT molecular complexity index is 1050. The molecule has 0 saturated carbocycles. The first-order valence-electron chi connectivity index (χ1n) is 7.51. The van der Waals surface area contributed by atoms with E-state index in [9.17, 15) is 5.11 Å². The van der Waals surface area contributed by atoms with Crippen molar-refractivity contribution in [1.29, 1.82) is 0 Å². The van der Waals surface area contributed by atoms with Gasteiger partial charge in [-0.25, -0.2) is 5.10 Å². The minimum Gasteiger partial charge on any atom is -0.506 e. The van der Waals surface area contributed by atoms with Crippen LogP contribution in [0, 0.1) is 11.9 Å². The third-order valence-corrected chi connectivity index (χ3v) is 5.75. The summed E-state index contributed by atoms with van der Waals surface area (Å²) in [6.45, 7) is 0. The van der Waals surface area contributed by atoms with Crippen LogP contribution >= 0.6 is 57.4 Å². The molecule has 10 heteroatoms. The highest BCUT2D eigenvalue weighted by Crippen LogP contribution is 2.29. The number of nitrogens with one attached hydrogen (secondary N) is 2. The van der Waals surface area contributed by atoms with E-state index in [0.717, 1.165) is 37.8 Å². The normalized spacial score (nSPS) is 13.7. The van der Waals surface area contributed by atoms with Crippen molar-refractivity contribution in [3.63, 3.8) is 0 Å². The second-order valence-electron chi connectivity index (χ2n) is 5.62. The van der Waals surface area contributed by atoms with Crippen LogP contribution in [0.1, 0.15) is 23.2 Å². The summed E-state index contributed by atoms with van der Waals surface area (Å²) in [5.41, 5.74) is 3.73. The van der Waals surface area contributed by atoms with Crippen molar-refractivity contribution >= 4 is 63.6 Å². The summed E-state index contributed by atoms with van der Waals surface area (Å²) in [4.78, 5) is 0. The SMILES string of the molecule is Oc1c(I)cc(I)cc1/C=N\n1c(-c2n[nH]c3c2CCC3)n[nH]c1=S. The molecule has 1 aliphatic rings. The van der Waals surface area contributed by atoms with Crippen molar-refractivity contribution in [3.05, 3.63) is 40.9 Å². The van der Waals surface area contributed by atoms with E-state index in [0.29, 0.717) is 16.2 Å². The minimum absolute atomic E-state index is 0.196. The highest BCUT2D eigenvalue weighted by atomic mass is 127. The van der Waals surface area contributed by atoms with Gasteiger partial charge in [0.15, 0.2) is 0 Å². The Morgan fingerprint density at radius 1 is 1.24 bits per heavy atom. The second-order valence-corrected chi connectivity index (χ2v) is 8.41. The number of hydrogen-bond donors (Lipinski definition) is 3. The van der Waals surface area contributed by atoms with Crippen LogP contribution in [0.2, 0.25) is 0 Å². The summed E-state index contributed by atoms with van der Waals surface area (Å²) < 4.78 is 3.70. The molecule has 1 aromatic carbocycles. The number of fused-ring (bicyclic) bond motifs is 1. The third-order valence-electron chi connectivity index (χ3n) is 4.04. The molecule has 0 spiro atoms. The quantitative estimate of drug-likeness (QED) is 0.252. The van der Waals surface area contributed by atoms with Crippen LogP contribution in [-0.2, 0) is 12.8 Å². The predicted molar refractivity (Wildman–Crippen MR) is 114 cm³/mol. The maximum atomic E-state index is 10.2. The second kappa shape index (κ2) is 6.79. The molecule has 0 unspecified atom stereocenters. The first-order valence-corrected chi connectivity index (χ1v) is 10.1. The van der Waals surface area contributed by atoms with E-state index in [4.69, 9.17) is 12.2 Å². The number of nitrogens with zero attached hydrogens (tertiary/aromatic N) is 4. The minimum atomic E-state index is 0.196. The van der Waals surface area contributed by atoms with Crippen LogP contribution < -0.4 is 0 Å². The lowest BCUT2D eigenvalue weighted by atomic mass is 10.2. The maximum absolute atomic E-state index is 10.2. The number of H-pyrrole nitrogens is 2. The van der Waals surface area contributed by atoms with E-state index in [-0.39, 0.29) is 5.75 Å². The molecule has 0 amide bonds. The fourth-order valence-corrected chi connectivity index (χ4v) is 4.93. The topological polar surface area (TPSA) is 94.9 Å². The van der Waals surface area contributed by atoms with Gasteiger partial charge in [-0.05, 0) is 88.8 Å². The molecule has 0 radical (unpaired) electrons. The Kier molecular flexibility index (Phi) is 4.66. The van der Waals surface area contributed by atoms with Gasteiger partial charge < -0.3 is 5.11 Å². The number of hydrogen-bond acceptors (Lipinski definition) is 5. The number of phenolic OH excluding ortho intramolecular Hbond substituents is 1. The van der Waals surface area contributed by atoms with E-state index in [2.05, 4.69) is 70.7 Å². The van der Waals surface area contributed by atoms with Crippen molar-refractivity contribution in [2.24, 2.45) is 5.10 Å². The van der Waals surface area contributed by atoms with Crippen LogP contribution in [0.3, 0.4) is 0 Å². The van der Waals surface area contributed by atoms with Gasteiger partial charge in [-0.3, -0.25) is 5.10 Å². The van der Waals surface area contributed by atoms with Gasteiger partial charge in [0.1, 0.15) is 11.4 Å². The molecule has 3 N–H and O–H groups in total. The van der Waals surface area contributed by atoms with Gasteiger partial charge in [-0.2, -0.15) is 20.0 Å². The van der Waals surface area contributed by atoms with E-state index in [1.807, 2.05) is 12.1 Å². The molecule has 4 rings (SSSR count). The lowest BCUT2D eigenvalue weighted by molar-refractivity contribution is 0.470. The van der Waals surface area contributed by atoms with E-state index < -0.39 is 0 Å². The van der Waals surface area contributed by atoms with Gasteiger partial charge in [0, 0.05) is 20.4 Å². The number of phenols is 1. The van der Waals surface area contributed by atoms with Gasteiger partial charge in [0.2, 0.25) is 10.6 Å². The van der Waals surface area contributed by atoms with Gasteiger partial charge >= 0.3 is 0 Å². The van der Waals surface area contributed by atoms with Crippen LogP contribution in [0.25, 0.3) is 11.5 Å². The predicted octanol–water partition coefficient (Wildman–Crippen LogP) is 3.62. The average molecular weight is 578 g/mol. The molecule has 1 aliphatic carbocycles. The van der Waals surface area contributed by atoms with E-state index in [1.54, 1.807) is 6.21 Å². The van der Waals surface area contributed by atoms with E-state index in [1.165, 1.54) is 10.2 Å². The Balaban J connectivity index is 1.77. The third kappa shape index (κ3) is 3.14. The number of aromatic nitrogens is 5. The van der Waals surface area contributed by atoms with E-state index >= 15 is 0 Å². The molecule has 0 bridgehead atoms. The zero-order chi connectivity index (χ0) is 17.6. The van der Waals surface area contributed by atoms with Crippen molar-refractivity contribution < 1.29 is 5.11 Å². The molecule has 25 heavy (non-hydrogen) atoms. The molecule has 2 heterocycles. The molecular formula is C15H12I2N6OS. The molecule has 3 aromatic rings. The Hall–Kier alpha value is -1.28. The van der Waals surface area contributed by atoms with Crippen LogP contribution in [0.4, 0.5) is 0 Å². The maximum Gasteiger partial charge on any atom is 0.216 e. The van der Waals surface area contributed by atoms with Crippen LogP contribution in [-0.4, -0.2) is 36.4 Å². The molecule has 2 aromatic heterocycles. The summed E-state index contributed by atoms with van der Waals surface area (Å²) in [5.74, 6) is 0.766. The fraction of sp³-hybridized carbons (Fsp3) is 0.200. The summed E-state index contributed by atoms with van der Waals surface area (Å²) in [6, 6.07) is 3.76. The summed E-state index contributed by atoms with van der Waals surface area (Å²) >= 11 is 9.60. The Morgan fingerprint density at radius 2 is 2.08 bits per heavy atom. The average Bonchev–Trinajstić information content (AvgIpc) is 3.25. The summed E-state index contributed by atoms with van der Waals surface area (Å²) in [7, 11) is 0. The zero-order valence-electron chi connectivity index (χ0n) is 12.8. The number of aryl methyl sites for hydroxylation is 1. The number of benzene rings is 1. The number of rotatable bonds is 3. The monoisotopic (exact) mass is 578 g/mol. The largest absolute Gasteiger partial charge is 0.506 e. The fourth-order valence-electron chi connectivity index (χ4n) is 2.86. The smallest absolute Gasteiger partial charge is 0.216 e. The van der Waals surface area contributed by atoms with Crippen molar-refractivity contribution in [3.8, 4) is 17.3 Å². The zero-order valence-corrected chi connectivity index (χ0v) is 17.9. The van der Waals surface area contributed by atoms with Crippen molar-refractivity contribution in [2.45, 2.75) is 19.3 Å². The highest BCUT2D eigenvalue weighted by Gasteiger charge is 2.23. The van der Waals surface area contributed by atoms with Crippen molar-refractivity contribution in [1.82, 2.24) is 25.1 Å².